The molecule has 2 nitrogen and oxygen atoms in total. The van der Waals surface area contributed by atoms with Gasteiger partial charge in [0.15, 0.2) is 0 Å². The lowest BCUT2D eigenvalue weighted by atomic mass is 9.86. The molecule has 0 aliphatic carbocycles. The van der Waals surface area contributed by atoms with Gasteiger partial charge in [0.25, 0.3) is 0 Å². The van der Waals surface area contributed by atoms with Crippen molar-refractivity contribution < 1.29 is 10.0 Å². The Morgan fingerprint density at radius 3 is 2.78 bits per heavy atom. The van der Waals surface area contributed by atoms with Crippen molar-refractivity contribution in [1.82, 2.24) is 0 Å². The highest BCUT2D eigenvalue weighted by Crippen LogP contribution is 2.08. The molecule has 1 aromatic rings. The van der Waals surface area contributed by atoms with Gasteiger partial charge in [0.05, 0.1) is 0 Å². The standard InChI is InChI=1S/C5H7BO2S/c7-6(8)4-5-2-1-3-9-5/h1-3,7-8H,4H2. The molecule has 0 unspecified atom stereocenters. The van der Waals surface area contributed by atoms with E-state index >= 15 is 0 Å². The predicted octanol–water partition coefficient (Wildman–Crippen LogP) is 0.303. The van der Waals surface area contributed by atoms with E-state index in [0.29, 0.717) is 6.32 Å². The van der Waals surface area contributed by atoms with Crippen molar-refractivity contribution in [1.29, 1.82) is 0 Å². The van der Waals surface area contributed by atoms with Crippen molar-refractivity contribution in [3.63, 3.8) is 0 Å². The van der Waals surface area contributed by atoms with Gasteiger partial charge in [0.2, 0.25) is 0 Å². The molecule has 1 aromatic heterocycles. The van der Waals surface area contributed by atoms with Crippen molar-refractivity contribution in [3.8, 4) is 0 Å². The average molecular weight is 142 g/mol. The van der Waals surface area contributed by atoms with E-state index in [1.54, 1.807) is 0 Å². The van der Waals surface area contributed by atoms with Gasteiger partial charge in [-0.15, -0.1) is 11.3 Å². The molecule has 0 aromatic carbocycles. The van der Waals surface area contributed by atoms with Crippen LogP contribution in [0.15, 0.2) is 17.5 Å². The Morgan fingerprint density at radius 2 is 2.33 bits per heavy atom. The average Bonchev–Trinajstić information content (AvgIpc) is 2.15. The molecule has 9 heavy (non-hydrogen) atoms. The highest BCUT2D eigenvalue weighted by Gasteiger charge is 2.07. The summed E-state index contributed by atoms with van der Waals surface area (Å²) in [6, 6.07) is 3.77. The molecule has 0 spiro atoms. The van der Waals surface area contributed by atoms with Crippen LogP contribution < -0.4 is 0 Å². The van der Waals surface area contributed by atoms with Crippen LogP contribution in [0.1, 0.15) is 4.88 Å². The van der Waals surface area contributed by atoms with Crippen molar-refractivity contribution >= 4 is 18.5 Å². The van der Waals surface area contributed by atoms with Gasteiger partial charge < -0.3 is 10.0 Å². The van der Waals surface area contributed by atoms with E-state index in [2.05, 4.69) is 0 Å². The van der Waals surface area contributed by atoms with E-state index in [1.807, 2.05) is 17.5 Å². The van der Waals surface area contributed by atoms with Crippen molar-refractivity contribution in [2.45, 2.75) is 6.32 Å². The summed E-state index contributed by atoms with van der Waals surface area (Å²) in [6.07, 6.45) is 0.345. The van der Waals surface area contributed by atoms with Gasteiger partial charge in [-0.2, -0.15) is 0 Å². The molecule has 48 valence electrons. The molecule has 0 saturated heterocycles. The molecule has 0 radical (unpaired) electrons. The van der Waals surface area contributed by atoms with Crippen LogP contribution in [-0.2, 0) is 6.32 Å². The first-order valence-electron chi connectivity index (χ1n) is 2.67. The summed E-state index contributed by atoms with van der Waals surface area (Å²) in [6.45, 7) is 0. The van der Waals surface area contributed by atoms with Gasteiger partial charge >= 0.3 is 7.12 Å². The highest BCUT2D eigenvalue weighted by atomic mass is 32.1. The van der Waals surface area contributed by atoms with Crippen LogP contribution in [-0.4, -0.2) is 17.2 Å². The zero-order chi connectivity index (χ0) is 6.69. The molecule has 1 rings (SSSR count). The summed E-state index contributed by atoms with van der Waals surface area (Å²) in [4.78, 5) is 1.00. The smallest absolute Gasteiger partial charge is 0.427 e. The van der Waals surface area contributed by atoms with E-state index in [-0.39, 0.29) is 0 Å². The number of hydrogen-bond acceptors (Lipinski definition) is 3. The summed E-state index contributed by atoms with van der Waals surface area (Å²) >= 11 is 1.53. The van der Waals surface area contributed by atoms with Gasteiger partial charge in [-0.05, 0) is 11.4 Å². The van der Waals surface area contributed by atoms with Crippen LogP contribution in [0.5, 0.6) is 0 Å². The van der Waals surface area contributed by atoms with Crippen LogP contribution in [0.2, 0.25) is 0 Å². The van der Waals surface area contributed by atoms with Crippen molar-refractivity contribution in [2.75, 3.05) is 0 Å². The third kappa shape index (κ3) is 2.18. The zero-order valence-corrected chi connectivity index (χ0v) is 5.64. The topological polar surface area (TPSA) is 40.5 Å². The Morgan fingerprint density at radius 1 is 1.56 bits per heavy atom. The maximum absolute atomic E-state index is 8.49. The Balaban J connectivity index is 2.48. The fourth-order valence-corrected chi connectivity index (χ4v) is 1.34. The second kappa shape index (κ2) is 3.01. The zero-order valence-electron chi connectivity index (χ0n) is 4.82. The van der Waals surface area contributed by atoms with Crippen molar-refractivity contribution in [3.05, 3.63) is 22.4 Å². The monoisotopic (exact) mass is 142 g/mol. The highest BCUT2D eigenvalue weighted by molar-refractivity contribution is 7.10. The van der Waals surface area contributed by atoms with Gasteiger partial charge in [-0.25, -0.2) is 0 Å². The van der Waals surface area contributed by atoms with Crippen LogP contribution >= 0.6 is 11.3 Å². The molecule has 4 heteroatoms. The Kier molecular flexibility index (Phi) is 2.27. The predicted molar refractivity (Wildman–Crippen MR) is 38.2 cm³/mol. The van der Waals surface area contributed by atoms with Crippen LogP contribution in [0.4, 0.5) is 0 Å². The summed E-state index contributed by atoms with van der Waals surface area (Å²) < 4.78 is 0. The molecule has 0 bridgehead atoms. The van der Waals surface area contributed by atoms with Gasteiger partial charge in [-0.3, -0.25) is 0 Å². The quantitative estimate of drug-likeness (QED) is 0.583. The molecule has 0 aliphatic heterocycles. The summed E-state index contributed by atoms with van der Waals surface area (Å²) in [5.74, 6) is 0. The summed E-state index contributed by atoms with van der Waals surface area (Å²) in [5, 5.41) is 18.9. The van der Waals surface area contributed by atoms with E-state index < -0.39 is 7.12 Å². The Labute approximate surface area is 57.9 Å². The number of thiophene rings is 1. The Hall–Kier alpha value is -0.315. The Bertz CT molecular complexity index is 161. The van der Waals surface area contributed by atoms with E-state index in [0.717, 1.165) is 4.88 Å². The maximum atomic E-state index is 8.49. The minimum atomic E-state index is -1.20. The molecule has 1 heterocycles. The van der Waals surface area contributed by atoms with Gasteiger partial charge in [0, 0.05) is 11.2 Å². The molecule has 0 fully saturated rings. The molecule has 0 atom stereocenters. The second-order valence-electron chi connectivity index (χ2n) is 1.76. The third-order valence-corrected chi connectivity index (χ3v) is 1.86. The van der Waals surface area contributed by atoms with E-state index in [1.165, 1.54) is 11.3 Å². The number of rotatable bonds is 2. The first kappa shape index (κ1) is 6.80. The van der Waals surface area contributed by atoms with E-state index in [9.17, 15) is 0 Å². The molecule has 0 aliphatic rings. The summed E-state index contributed by atoms with van der Waals surface area (Å²) in [5.41, 5.74) is 0. The van der Waals surface area contributed by atoms with Crippen LogP contribution in [0, 0.1) is 0 Å². The van der Waals surface area contributed by atoms with Crippen LogP contribution in [0.25, 0.3) is 0 Å². The fraction of sp³-hybridized carbons (Fsp3) is 0.200. The molecule has 0 amide bonds. The normalized spacial score (nSPS) is 9.56. The largest absolute Gasteiger partial charge is 0.456 e. The second-order valence-corrected chi connectivity index (χ2v) is 2.80. The first-order valence-corrected chi connectivity index (χ1v) is 3.55. The SMILES string of the molecule is OB(O)Cc1cccs1. The molecule has 2 N–H and O–H groups in total. The lowest BCUT2D eigenvalue weighted by Crippen LogP contribution is -2.13. The lowest BCUT2D eigenvalue weighted by Gasteiger charge is -1.91. The number of hydrogen-bond donors (Lipinski definition) is 2. The third-order valence-electron chi connectivity index (χ3n) is 0.964. The van der Waals surface area contributed by atoms with Crippen LogP contribution in [0.3, 0.4) is 0 Å². The fourth-order valence-electron chi connectivity index (χ4n) is 0.609. The lowest BCUT2D eigenvalue weighted by molar-refractivity contribution is 0.406. The molecular formula is C5H7BO2S. The van der Waals surface area contributed by atoms with Gasteiger partial charge in [0.1, 0.15) is 0 Å². The molecule has 0 saturated carbocycles. The van der Waals surface area contributed by atoms with Gasteiger partial charge in [-0.1, -0.05) is 6.07 Å². The first-order chi connectivity index (χ1) is 4.29. The van der Waals surface area contributed by atoms with Crippen molar-refractivity contribution in [2.24, 2.45) is 0 Å². The minimum Gasteiger partial charge on any atom is -0.427 e. The van der Waals surface area contributed by atoms with E-state index in [4.69, 9.17) is 10.0 Å². The molecular weight excluding hydrogens is 135 g/mol. The minimum absolute atomic E-state index is 0.345. The summed E-state index contributed by atoms with van der Waals surface area (Å²) in [7, 11) is -1.20. The maximum Gasteiger partial charge on any atom is 0.456 e.